The Kier molecular flexibility index (Phi) is 2.83. The molecule has 2 nitrogen and oxygen atoms in total. The highest BCUT2D eigenvalue weighted by atomic mass is 19.4. The zero-order valence-corrected chi connectivity index (χ0v) is 7.34. The third-order valence-electron chi connectivity index (χ3n) is 1.72. The average Bonchev–Trinajstić information content (AvgIpc) is 2.15. The summed E-state index contributed by atoms with van der Waals surface area (Å²) in [6.45, 7) is -5.18. The lowest BCUT2D eigenvalue weighted by atomic mass is 9.77. The van der Waals surface area contributed by atoms with E-state index >= 15 is 0 Å². The molecule has 0 unspecified atom stereocenters. The Morgan fingerprint density at radius 3 is 2.36 bits per heavy atom. The summed E-state index contributed by atoms with van der Waals surface area (Å²) in [5, 5.41) is 0. The SMILES string of the molecule is COC(=O)c1ccccc1[B-](F)(F)F. The summed E-state index contributed by atoms with van der Waals surface area (Å²) in [6, 6.07) is 4.55. The molecule has 1 rings (SSSR count). The first kappa shape index (κ1) is 10.6. The molecule has 1 aromatic rings. The number of hydrogen-bond donors (Lipinski definition) is 0. The summed E-state index contributed by atoms with van der Waals surface area (Å²) in [5.41, 5.74) is -1.36. The van der Waals surface area contributed by atoms with Crippen LogP contribution >= 0.6 is 0 Å². The van der Waals surface area contributed by atoms with Gasteiger partial charge in [0.05, 0.1) is 7.11 Å². The number of carbonyl (C=O) groups excluding carboxylic acids is 1. The van der Waals surface area contributed by atoms with E-state index in [9.17, 15) is 17.7 Å². The molecule has 14 heavy (non-hydrogen) atoms. The van der Waals surface area contributed by atoms with Crippen LogP contribution in [0.3, 0.4) is 0 Å². The second-order valence-corrected chi connectivity index (χ2v) is 2.65. The normalized spacial score (nSPS) is 11.1. The molecule has 0 heterocycles. The van der Waals surface area contributed by atoms with Gasteiger partial charge in [-0.1, -0.05) is 29.7 Å². The minimum absolute atomic E-state index is 0.442. The van der Waals surface area contributed by atoms with Crippen molar-refractivity contribution in [1.82, 2.24) is 0 Å². The number of rotatable bonds is 2. The van der Waals surface area contributed by atoms with Gasteiger partial charge in [0.1, 0.15) is 0 Å². The van der Waals surface area contributed by atoms with Crippen molar-refractivity contribution in [2.75, 3.05) is 7.11 Å². The van der Waals surface area contributed by atoms with E-state index < -0.39 is 24.0 Å². The van der Waals surface area contributed by atoms with Crippen LogP contribution in [0.5, 0.6) is 0 Å². The Labute approximate surface area is 78.7 Å². The van der Waals surface area contributed by atoms with Gasteiger partial charge in [0, 0.05) is 5.56 Å². The number of methoxy groups -OCH3 is 1. The van der Waals surface area contributed by atoms with Crippen LogP contribution in [0.25, 0.3) is 0 Å². The highest BCUT2D eigenvalue weighted by molar-refractivity contribution is 6.74. The topological polar surface area (TPSA) is 26.3 Å². The number of ether oxygens (including phenoxy) is 1. The van der Waals surface area contributed by atoms with Crippen molar-refractivity contribution in [3.05, 3.63) is 29.8 Å². The van der Waals surface area contributed by atoms with Crippen LogP contribution in [-0.2, 0) is 4.74 Å². The molecular formula is C8H7BF3O2-. The van der Waals surface area contributed by atoms with Gasteiger partial charge >= 0.3 is 12.9 Å². The molecule has 0 aliphatic carbocycles. The van der Waals surface area contributed by atoms with Crippen molar-refractivity contribution in [3.63, 3.8) is 0 Å². The minimum atomic E-state index is -5.18. The van der Waals surface area contributed by atoms with Gasteiger partial charge in [-0.15, -0.1) is 0 Å². The first-order valence-corrected chi connectivity index (χ1v) is 3.84. The molecule has 0 atom stereocenters. The highest BCUT2D eigenvalue weighted by Gasteiger charge is 2.30. The number of carbonyl (C=O) groups is 1. The molecule has 76 valence electrons. The van der Waals surface area contributed by atoms with Gasteiger partial charge in [-0.3, -0.25) is 0 Å². The van der Waals surface area contributed by atoms with E-state index in [1.54, 1.807) is 0 Å². The minimum Gasteiger partial charge on any atom is -0.465 e. The molecule has 0 fully saturated rings. The van der Waals surface area contributed by atoms with Crippen molar-refractivity contribution < 1.29 is 22.5 Å². The van der Waals surface area contributed by atoms with Crippen LogP contribution in [0, 0.1) is 0 Å². The summed E-state index contributed by atoms with van der Waals surface area (Å²) in [5.74, 6) is -0.972. The third kappa shape index (κ3) is 2.07. The lowest BCUT2D eigenvalue weighted by Gasteiger charge is -2.17. The van der Waals surface area contributed by atoms with E-state index in [1.165, 1.54) is 12.1 Å². The van der Waals surface area contributed by atoms with Crippen molar-refractivity contribution in [3.8, 4) is 0 Å². The lowest BCUT2D eigenvalue weighted by Crippen LogP contribution is -2.38. The summed E-state index contributed by atoms with van der Waals surface area (Å²) in [4.78, 5) is 11.0. The maximum atomic E-state index is 12.4. The van der Waals surface area contributed by atoms with Gasteiger partial charge < -0.3 is 17.7 Å². The van der Waals surface area contributed by atoms with Crippen molar-refractivity contribution in [2.45, 2.75) is 0 Å². The van der Waals surface area contributed by atoms with Gasteiger partial charge in [0.25, 0.3) is 0 Å². The second-order valence-electron chi connectivity index (χ2n) is 2.65. The number of esters is 1. The summed E-state index contributed by atoms with van der Waals surface area (Å²) >= 11 is 0. The fourth-order valence-corrected chi connectivity index (χ4v) is 1.08. The molecule has 0 bridgehead atoms. The van der Waals surface area contributed by atoms with E-state index in [1.807, 2.05) is 0 Å². The Hall–Kier alpha value is -1.46. The largest absolute Gasteiger partial charge is 0.510 e. The predicted molar refractivity (Wildman–Crippen MR) is 46.5 cm³/mol. The van der Waals surface area contributed by atoms with Crippen LogP contribution in [-0.4, -0.2) is 20.1 Å². The Morgan fingerprint density at radius 1 is 1.29 bits per heavy atom. The van der Waals surface area contributed by atoms with E-state index in [2.05, 4.69) is 4.74 Å². The van der Waals surface area contributed by atoms with Crippen molar-refractivity contribution in [2.24, 2.45) is 0 Å². The predicted octanol–water partition coefficient (Wildman–Crippen LogP) is 1.53. The van der Waals surface area contributed by atoms with Crippen LogP contribution in [0.4, 0.5) is 12.9 Å². The molecule has 0 saturated carbocycles. The molecule has 0 spiro atoms. The van der Waals surface area contributed by atoms with Crippen LogP contribution in [0.15, 0.2) is 24.3 Å². The van der Waals surface area contributed by atoms with Crippen molar-refractivity contribution >= 4 is 18.4 Å². The van der Waals surface area contributed by atoms with Crippen molar-refractivity contribution in [1.29, 1.82) is 0 Å². The summed E-state index contributed by atoms with van der Waals surface area (Å²) < 4.78 is 41.4. The second kappa shape index (κ2) is 3.73. The zero-order valence-electron chi connectivity index (χ0n) is 7.34. The number of halogens is 3. The Balaban J connectivity index is 3.23. The molecular weight excluding hydrogens is 196 g/mol. The van der Waals surface area contributed by atoms with Crippen LogP contribution < -0.4 is 5.46 Å². The molecule has 0 N–H and O–H groups in total. The smallest absolute Gasteiger partial charge is 0.465 e. The van der Waals surface area contributed by atoms with E-state index in [4.69, 9.17) is 0 Å². The summed E-state index contributed by atoms with van der Waals surface area (Å²) in [7, 11) is 1.04. The number of benzene rings is 1. The van der Waals surface area contributed by atoms with Gasteiger partial charge in [0.2, 0.25) is 0 Å². The highest BCUT2D eigenvalue weighted by Crippen LogP contribution is 2.12. The molecule has 0 radical (unpaired) electrons. The maximum Gasteiger partial charge on any atom is 0.510 e. The molecule has 0 aliphatic rings. The van der Waals surface area contributed by atoms with E-state index in [0.29, 0.717) is 0 Å². The first-order valence-electron chi connectivity index (χ1n) is 3.84. The van der Waals surface area contributed by atoms with Gasteiger partial charge in [-0.05, 0) is 0 Å². The molecule has 0 aromatic heterocycles. The van der Waals surface area contributed by atoms with Crippen LogP contribution in [0.1, 0.15) is 10.4 Å². The first-order chi connectivity index (χ1) is 6.46. The molecule has 6 heteroatoms. The fourth-order valence-electron chi connectivity index (χ4n) is 1.08. The van der Waals surface area contributed by atoms with Gasteiger partial charge in [-0.25, -0.2) is 4.79 Å². The van der Waals surface area contributed by atoms with E-state index in [-0.39, 0.29) is 0 Å². The number of hydrogen-bond acceptors (Lipinski definition) is 2. The quantitative estimate of drug-likeness (QED) is 0.538. The average molecular weight is 203 g/mol. The van der Waals surface area contributed by atoms with Gasteiger partial charge in [0.15, 0.2) is 0 Å². The summed E-state index contributed by atoms with van der Waals surface area (Å²) in [6.07, 6.45) is 0. The standard InChI is InChI=1S/C8H7BF3O2/c1-14-8(13)6-4-2-3-5-7(6)9(10,11)12/h2-5H,1H3/q-1. The molecule has 0 aliphatic heterocycles. The maximum absolute atomic E-state index is 12.4. The zero-order chi connectivity index (χ0) is 10.8. The molecule has 0 amide bonds. The molecule has 0 saturated heterocycles. The molecule has 1 aromatic carbocycles. The Bertz CT molecular complexity index is 349. The fraction of sp³-hybridized carbons (Fsp3) is 0.125. The van der Waals surface area contributed by atoms with Gasteiger partial charge in [-0.2, -0.15) is 0 Å². The van der Waals surface area contributed by atoms with E-state index in [0.717, 1.165) is 19.2 Å². The Morgan fingerprint density at radius 2 is 1.86 bits per heavy atom. The third-order valence-corrected chi connectivity index (χ3v) is 1.72. The lowest BCUT2D eigenvalue weighted by molar-refractivity contribution is 0.0601. The van der Waals surface area contributed by atoms with Crippen LogP contribution in [0.2, 0.25) is 0 Å². The monoisotopic (exact) mass is 203 g/mol.